The Bertz CT molecular complexity index is 274. The molecule has 0 saturated carbocycles. The van der Waals surface area contributed by atoms with Gasteiger partial charge in [-0.25, -0.2) is 0 Å². The molecule has 2 nitrogen and oxygen atoms in total. The first-order valence-corrected chi connectivity index (χ1v) is 4.72. The van der Waals surface area contributed by atoms with Gasteiger partial charge < -0.3 is 5.73 Å². The summed E-state index contributed by atoms with van der Waals surface area (Å²) in [5, 5.41) is 0. The van der Waals surface area contributed by atoms with Crippen molar-refractivity contribution in [3.63, 3.8) is 0 Å². The lowest BCUT2D eigenvalue weighted by atomic mass is 9.70. The molecule has 0 heterocycles. The summed E-state index contributed by atoms with van der Waals surface area (Å²) in [6, 6.07) is 0. The third-order valence-electron chi connectivity index (χ3n) is 3.67. The number of primary amides is 1. The fourth-order valence-corrected chi connectivity index (χ4v) is 2.23. The summed E-state index contributed by atoms with van der Waals surface area (Å²) < 4.78 is 0. The van der Waals surface area contributed by atoms with Crippen molar-refractivity contribution in [2.75, 3.05) is 0 Å². The van der Waals surface area contributed by atoms with Crippen LogP contribution in [0.1, 0.15) is 34.6 Å². The van der Waals surface area contributed by atoms with Crippen LogP contribution in [0.3, 0.4) is 0 Å². The summed E-state index contributed by atoms with van der Waals surface area (Å²) in [4.78, 5) is 11.2. The quantitative estimate of drug-likeness (QED) is 0.661. The van der Waals surface area contributed by atoms with E-state index in [0.717, 1.165) is 5.57 Å². The molecule has 1 aliphatic rings. The van der Waals surface area contributed by atoms with Crippen LogP contribution in [-0.2, 0) is 4.79 Å². The third-order valence-corrected chi connectivity index (χ3v) is 3.67. The van der Waals surface area contributed by atoms with Crippen molar-refractivity contribution in [3.05, 3.63) is 11.6 Å². The normalized spacial score (nSPS) is 29.9. The van der Waals surface area contributed by atoms with E-state index in [9.17, 15) is 4.79 Å². The molecule has 2 heteroatoms. The third kappa shape index (κ3) is 1.38. The molecular weight excluding hydrogens is 162 g/mol. The van der Waals surface area contributed by atoms with E-state index in [1.807, 2.05) is 6.08 Å². The zero-order valence-corrected chi connectivity index (χ0v) is 9.14. The second kappa shape index (κ2) is 2.60. The molecule has 0 saturated heterocycles. The van der Waals surface area contributed by atoms with Crippen LogP contribution in [0.2, 0.25) is 0 Å². The van der Waals surface area contributed by atoms with Crippen LogP contribution in [-0.4, -0.2) is 5.91 Å². The van der Waals surface area contributed by atoms with Gasteiger partial charge in [0, 0.05) is 5.57 Å². The van der Waals surface area contributed by atoms with E-state index in [1.54, 1.807) is 0 Å². The van der Waals surface area contributed by atoms with E-state index < -0.39 is 0 Å². The Morgan fingerprint density at radius 3 is 2.00 bits per heavy atom. The van der Waals surface area contributed by atoms with Crippen LogP contribution < -0.4 is 5.73 Å². The maximum Gasteiger partial charge on any atom is 0.244 e. The largest absolute Gasteiger partial charge is 0.366 e. The first kappa shape index (κ1) is 10.3. The van der Waals surface area contributed by atoms with Crippen molar-refractivity contribution in [2.45, 2.75) is 34.6 Å². The number of rotatable bonds is 1. The SMILES string of the molecule is CC1C(C)(C)C=C(C(N)=O)C1(C)C. The summed E-state index contributed by atoms with van der Waals surface area (Å²) >= 11 is 0. The van der Waals surface area contributed by atoms with E-state index in [1.165, 1.54) is 0 Å². The average Bonchev–Trinajstić information content (AvgIpc) is 2.11. The maximum absolute atomic E-state index is 11.2. The van der Waals surface area contributed by atoms with Crippen molar-refractivity contribution in [3.8, 4) is 0 Å². The second-order valence-corrected chi connectivity index (χ2v) is 5.19. The maximum atomic E-state index is 11.2. The smallest absolute Gasteiger partial charge is 0.244 e. The van der Waals surface area contributed by atoms with Crippen LogP contribution in [0.25, 0.3) is 0 Å². The van der Waals surface area contributed by atoms with Crippen LogP contribution in [0, 0.1) is 16.7 Å². The number of amides is 1. The first-order chi connectivity index (χ1) is 5.69. The lowest BCUT2D eigenvalue weighted by molar-refractivity contribution is -0.115. The Hall–Kier alpha value is -0.790. The lowest BCUT2D eigenvalue weighted by Gasteiger charge is -2.33. The number of hydrogen-bond donors (Lipinski definition) is 1. The molecule has 0 aromatic rings. The van der Waals surface area contributed by atoms with Gasteiger partial charge >= 0.3 is 0 Å². The van der Waals surface area contributed by atoms with Gasteiger partial charge in [-0.05, 0) is 16.7 Å². The molecule has 74 valence electrons. The number of hydrogen-bond acceptors (Lipinski definition) is 1. The summed E-state index contributed by atoms with van der Waals surface area (Å²) in [6.45, 7) is 10.6. The highest BCUT2D eigenvalue weighted by Gasteiger charge is 2.46. The zero-order valence-electron chi connectivity index (χ0n) is 9.14. The van der Waals surface area contributed by atoms with Crippen LogP contribution in [0.5, 0.6) is 0 Å². The predicted molar refractivity (Wildman–Crippen MR) is 54.0 cm³/mol. The van der Waals surface area contributed by atoms with Gasteiger partial charge in [-0.15, -0.1) is 0 Å². The van der Waals surface area contributed by atoms with Crippen molar-refractivity contribution in [2.24, 2.45) is 22.5 Å². The van der Waals surface area contributed by atoms with Crippen molar-refractivity contribution < 1.29 is 4.79 Å². The van der Waals surface area contributed by atoms with Gasteiger partial charge in [0.2, 0.25) is 5.91 Å². The minimum atomic E-state index is -0.276. The molecule has 1 unspecified atom stereocenters. The molecule has 0 radical (unpaired) electrons. The van der Waals surface area contributed by atoms with Crippen LogP contribution in [0.15, 0.2) is 11.6 Å². The summed E-state index contributed by atoms with van der Waals surface area (Å²) in [7, 11) is 0. The molecule has 0 spiro atoms. The molecule has 2 N–H and O–H groups in total. The second-order valence-electron chi connectivity index (χ2n) is 5.19. The molecule has 1 amide bonds. The van der Waals surface area contributed by atoms with E-state index in [4.69, 9.17) is 5.73 Å². The average molecular weight is 181 g/mol. The number of carbonyl (C=O) groups excluding carboxylic acids is 1. The predicted octanol–water partition coefficient (Wildman–Crippen LogP) is 2.10. The van der Waals surface area contributed by atoms with Crippen molar-refractivity contribution >= 4 is 5.91 Å². The number of carbonyl (C=O) groups is 1. The number of nitrogens with two attached hydrogens (primary N) is 1. The van der Waals surface area contributed by atoms with E-state index in [2.05, 4.69) is 34.6 Å². The van der Waals surface area contributed by atoms with Gasteiger partial charge in [0.25, 0.3) is 0 Å². The summed E-state index contributed by atoms with van der Waals surface area (Å²) in [6.07, 6.45) is 2.03. The molecule has 0 aromatic heterocycles. The Labute approximate surface area is 80.2 Å². The van der Waals surface area contributed by atoms with Gasteiger partial charge in [-0.2, -0.15) is 0 Å². The standard InChI is InChI=1S/C11H19NO/c1-7-10(2,3)6-8(9(12)13)11(7,4)5/h6-7H,1-5H3,(H2,12,13). The molecule has 0 aliphatic heterocycles. The van der Waals surface area contributed by atoms with Crippen LogP contribution >= 0.6 is 0 Å². The molecule has 13 heavy (non-hydrogen) atoms. The minimum Gasteiger partial charge on any atom is -0.366 e. The Balaban J connectivity index is 3.17. The Morgan fingerprint density at radius 2 is 1.85 bits per heavy atom. The molecular formula is C11H19NO. The zero-order chi connectivity index (χ0) is 10.4. The van der Waals surface area contributed by atoms with E-state index in [-0.39, 0.29) is 16.7 Å². The first-order valence-electron chi connectivity index (χ1n) is 4.72. The van der Waals surface area contributed by atoms with Crippen LogP contribution in [0.4, 0.5) is 0 Å². The molecule has 0 fully saturated rings. The van der Waals surface area contributed by atoms with E-state index >= 15 is 0 Å². The topological polar surface area (TPSA) is 43.1 Å². The van der Waals surface area contributed by atoms with E-state index in [0.29, 0.717) is 5.92 Å². The fraction of sp³-hybridized carbons (Fsp3) is 0.727. The molecule has 1 rings (SSSR count). The van der Waals surface area contributed by atoms with Crippen molar-refractivity contribution in [1.82, 2.24) is 0 Å². The highest BCUT2D eigenvalue weighted by atomic mass is 16.1. The lowest BCUT2D eigenvalue weighted by Crippen LogP contribution is -2.31. The van der Waals surface area contributed by atoms with Gasteiger partial charge in [0.05, 0.1) is 0 Å². The summed E-state index contributed by atoms with van der Waals surface area (Å²) in [5.74, 6) is 0.171. The molecule has 1 aliphatic carbocycles. The molecule has 0 aromatic carbocycles. The monoisotopic (exact) mass is 181 g/mol. The van der Waals surface area contributed by atoms with Crippen molar-refractivity contribution in [1.29, 1.82) is 0 Å². The highest BCUT2D eigenvalue weighted by Crippen LogP contribution is 2.52. The highest BCUT2D eigenvalue weighted by molar-refractivity contribution is 5.94. The van der Waals surface area contributed by atoms with Gasteiger partial charge in [0.1, 0.15) is 0 Å². The minimum absolute atomic E-state index is 0.0772. The molecule has 1 atom stereocenters. The summed E-state index contributed by atoms with van der Waals surface area (Å²) in [5.41, 5.74) is 6.12. The Morgan fingerprint density at radius 1 is 1.38 bits per heavy atom. The van der Waals surface area contributed by atoms with Gasteiger partial charge in [0.15, 0.2) is 0 Å². The Kier molecular flexibility index (Phi) is 2.06. The fourth-order valence-electron chi connectivity index (χ4n) is 2.23. The number of allylic oxidation sites excluding steroid dienone is 1. The van der Waals surface area contributed by atoms with Gasteiger partial charge in [-0.3, -0.25) is 4.79 Å². The van der Waals surface area contributed by atoms with Gasteiger partial charge in [-0.1, -0.05) is 40.7 Å². The molecule has 0 bridgehead atoms.